The molecule has 0 aliphatic heterocycles. The summed E-state index contributed by atoms with van der Waals surface area (Å²) in [5, 5.41) is 2.87. The molecule has 0 radical (unpaired) electrons. The van der Waals surface area contributed by atoms with Gasteiger partial charge in [-0.15, -0.1) is 0 Å². The van der Waals surface area contributed by atoms with E-state index in [0.717, 1.165) is 29.7 Å². The van der Waals surface area contributed by atoms with Gasteiger partial charge >= 0.3 is 5.97 Å². The first-order valence-corrected chi connectivity index (χ1v) is 8.95. The molecule has 0 spiro atoms. The van der Waals surface area contributed by atoms with Crippen molar-refractivity contribution in [1.29, 1.82) is 0 Å². The van der Waals surface area contributed by atoms with Crippen molar-refractivity contribution in [2.75, 3.05) is 11.9 Å². The fraction of sp³-hybridized carbons (Fsp3) is 0.364. The lowest BCUT2D eigenvalue weighted by Crippen LogP contribution is -2.28. The van der Waals surface area contributed by atoms with E-state index in [4.69, 9.17) is 4.74 Å². The molecule has 0 aromatic heterocycles. The van der Waals surface area contributed by atoms with E-state index < -0.39 is 5.41 Å². The first kappa shape index (κ1) is 18.2. The van der Waals surface area contributed by atoms with Gasteiger partial charge in [-0.25, -0.2) is 0 Å². The predicted molar refractivity (Wildman–Crippen MR) is 102 cm³/mol. The summed E-state index contributed by atoms with van der Waals surface area (Å²) in [6, 6.07) is 17.3. The Bertz CT molecular complexity index is 802. The Balaban J connectivity index is 1.61. The number of anilines is 1. The van der Waals surface area contributed by atoms with Gasteiger partial charge in [0, 0.05) is 5.69 Å². The SMILES string of the molecule is CC(C)(C)c1ccccc1NC(=O)COC(=O)C1(c2ccccc2)CC1. The summed E-state index contributed by atoms with van der Waals surface area (Å²) < 4.78 is 5.33. The molecule has 0 bridgehead atoms. The monoisotopic (exact) mass is 351 g/mol. The summed E-state index contributed by atoms with van der Waals surface area (Å²) >= 11 is 0. The van der Waals surface area contributed by atoms with Crippen LogP contribution in [0.3, 0.4) is 0 Å². The van der Waals surface area contributed by atoms with Crippen LogP contribution in [0.1, 0.15) is 44.7 Å². The number of rotatable bonds is 5. The lowest BCUT2D eigenvalue weighted by Gasteiger charge is -2.23. The van der Waals surface area contributed by atoms with Gasteiger partial charge in [0.05, 0.1) is 5.41 Å². The van der Waals surface area contributed by atoms with Crippen LogP contribution in [-0.4, -0.2) is 18.5 Å². The van der Waals surface area contributed by atoms with Crippen LogP contribution in [0, 0.1) is 0 Å². The average Bonchev–Trinajstić information content (AvgIpc) is 3.42. The van der Waals surface area contributed by atoms with Gasteiger partial charge in [0.2, 0.25) is 0 Å². The number of esters is 1. The fourth-order valence-corrected chi connectivity index (χ4v) is 3.19. The third-order valence-electron chi connectivity index (χ3n) is 4.81. The second-order valence-electron chi connectivity index (χ2n) is 7.87. The van der Waals surface area contributed by atoms with E-state index in [-0.39, 0.29) is 23.9 Å². The van der Waals surface area contributed by atoms with Crippen molar-refractivity contribution >= 4 is 17.6 Å². The first-order valence-electron chi connectivity index (χ1n) is 8.95. The molecule has 26 heavy (non-hydrogen) atoms. The van der Waals surface area contributed by atoms with Crippen LogP contribution >= 0.6 is 0 Å². The highest BCUT2D eigenvalue weighted by Crippen LogP contribution is 2.49. The third kappa shape index (κ3) is 3.79. The van der Waals surface area contributed by atoms with Crippen LogP contribution in [0.2, 0.25) is 0 Å². The maximum absolute atomic E-state index is 12.5. The van der Waals surface area contributed by atoms with Crippen molar-refractivity contribution in [2.24, 2.45) is 0 Å². The number of para-hydroxylation sites is 1. The van der Waals surface area contributed by atoms with Crippen molar-refractivity contribution in [2.45, 2.75) is 44.4 Å². The van der Waals surface area contributed by atoms with Gasteiger partial charge in [-0.1, -0.05) is 69.3 Å². The van der Waals surface area contributed by atoms with Gasteiger partial charge < -0.3 is 10.1 Å². The maximum atomic E-state index is 12.5. The van der Waals surface area contributed by atoms with Crippen molar-refractivity contribution in [3.63, 3.8) is 0 Å². The number of amides is 1. The van der Waals surface area contributed by atoms with Gasteiger partial charge in [-0.3, -0.25) is 9.59 Å². The molecular formula is C22H25NO3. The van der Waals surface area contributed by atoms with Crippen LogP contribution in [0.15, 0.2) is 54.6 Å². The fourth-order valence-electron chi connectivity index (χ4n) is 3.19. The smallest absolute Gasteiger partial charge is 0.317 e. The van der Waals surface area contributed by atoms with Gasteiger partial charge in [-0.2, -0.15) is 0 Å². The minimum absolute atomic E-state index is 0.0913. The highest BCUT2D eigenvalue weighted by Gasteiger charge is 2.52. The minimum Gasteiger partial charge on any atom is -0.455 e. The van der Waals surface area contributed by atoms with E-state index in [2.05, 4.69) is 26.1 Å². The van der Waals surface area contributed by atoms with E-state index in [9.17, 15) is 9.59 Å². The topological polar surface area (TPSA) is 55.4 Å². The Labute approximate surface area is 154 Å². The Morgan fingerprint density at radius 2 is 1.62 bits per heavy atom. The minimum atomic E-state index is -0.565. The molecule has 0 unspecified atom stereocenters. The second kappa shape index (κ2) is 6.94. The number of ether oxygens (including phenoxy) is 1. The van der Waals surface area contributed by atoms with Gasteiger partial charge in [0.1, 0.15) is 0 Å². The summed E-state index contributed by atoms with van der Waals surface area (Å²) in [6.45, 7) is 6.00. The molecule has 1 amide bonds. The lowest BCUT2D eigenvalue weighted by molar-refractivity contribution is -0.150. The zero-order valence-electron chi connectivity index (χ0n) is 15.5. The standard InChI is InChI=1S/C22H25NO3/c1-21(2,3)17-11-7-8-12-18(17)23-19(24)15-26-20(25)22(13-14-22)16-9-5-4-6-10-16/h4-12H,13-15H2,1-3H3,(H,23,24). The van der Waals surface area contributed by atoms with E-state index in [1.54, 1.807) is 0 Å². The molecule has 1 saturated carbocycles. The Hall–Kier alpha value is -2.62. The molecule has 3 rings (SSSR count). The van der Waals surface area contributed by atoms with E-state index in [1.165, 1.54) is 0 Å². The zero-order valence-corrected chi connectivity index (χ0v) is 15.5. The van der Waals surface area contributed by atoms with Crippen molar-refractivity contribution in [1.82, 2.24) is 0 Å². The number of hydrogen-bond acceptors (Lipinski definition) is 3. The van der Waals surface area contributed by atoms with Crippen molar-refractivity contribution in [3.8, 4) is 0 Å². The molecule has 2 aromatic carbocycles. The van der Waals surface area contributed by atoms with Gasteiger partial charge in [-0.05, 0) is 35.4 Å². The Morgan fingerprint density at radius 1 is 1.00 bits per heavy atom. The highest BCUT2D eigenvalue weighted by molar-refractivity contribution is 5.95. The van der Waals surface area contributed by atoms with Crippen molar-refractivity contribution < 1.29 is 14.3 Å². The molecule has 1 aliphatic carbocycles. The van der Waals surface area contributed by atoms with Crippen LogP contribution in [0.25, 0.3) is 0 Å². The normalized spacial score (nSPS) is 15.2. The third-order valence-corrected chi connectivity index (χ3v) is 4.81. The largest absolute Gasteiger partial charge is 0.455 e. The van der Waals surface area contributed by atoms with E-state index >= 15 is 0 Å². The van der Waals surface area contributed by atoms with Crippen LogP contribution < -0.4 is 5.32 Å². The molecular weight excluding hydrogens is 326 g/mol. The van der Waals surface area contributed by atoms with Crippen LogP contribution in [0.5, 0.6) is 0 Å². The summed E-state index contributed by atoms with van der Waals surface area (Å²) in [4.78, 5) is 24.8. The predicted octanol–water partition coefficient (Wildman–Crippen LogP) is 4.20. The molecule has 1 aliphatic rings. The molecule has 1 fully saturated rings. The zero-order chi connectivity index (χ0) is 18.8. The Morgan fingerprint density at radius 3 is 2.23 bits per heavy atom. The number of hydrogen-bond donors (Lipinski definition) is 1. The number of nitrogens with one attached hydrogen (secondary N) is 1. The summed E-state index contributed by atoms with van der Waals surface area (Å²) in [5.41, 5.74) is 2.10. The Kier molecular flexibility index (Phi) is 4.86. The second-order valence-corrected chi connectivity index (χ2v) is 7.87. The number of carbonyl (C=O) groups is 2. The number of benzene rings is 2. The number of carbonyl (C=O) groups excluding carboxylic acids is 2. The van der Waals surface area contributed by atoms with E-state index in [0.29, 0.717) is 0 Å². The molecule has 1 N–H and O–H groups in total. The lowest BCUT2D eigenvalue weighted by atomic mass is 9.86. The van der Waals surface area contributed by atoms with Gasteiger partial charge in [0.15, 0.2) is 6.61 Å². The molecule has 0 saturated heterocycles. The molecule has 4 nitrogen and oxygen atoms in total. The summed E-state index contributed by atoms with van der Waals surface area (Å²) in [5.74, 6) is -0.637. The first-order chi connectivity index (χ1) is 12.3. The molecule has 136 valence electrons. The molecule has 4 heteroatoms. The van der Waals surface area contributed by atoms with Gasteiger partial charge in [0.25, 0.3) is 5.91 Å². The molecule has 0 heterocycles. The highest BCUT2D eigenvalue weighted by atomic mass is 16.5. The quantitative estimate of drug-likeness (QED) is 0.822. The summed E-state index contributed by atoms with van der Waals surface area (Å²) in [6.07, 6.45) is 1.54. The van der Waals surface area contributed by atoms with Crippen LogP contribution in [0.4, 0.5) is 5.69 Å². The summed E-state index contributed by atoms with van der Waals surface area (Å²) in [7, 11) is 0. The average molecular weight is 351 g/mol. The molecule has 0 atom stereocenters. The maximum Gasteiger partial charge on any atom is 0.317 e. The van der Waals surface area contributed by atoms with Crippen LogP contribution in [-0.2, 0) is 25.2 Å². The van der Waals surface area contributed by atoms with E-state index in [1.807, 2.05) is 54.6 Å². The molecule has 2 aromatic rings. The van der Waals surface area contributed by atoms with Crippen molar-refractivity contribution in [3.05, 3.63) is 65.7 Å².